The zero-order valence-corrected chi connectivity index (χ0v) is 15.5. The quantitative estimate of drug-likeness (QED) is 0.273. The van der Waals surface area contributed by atoms with Crippen molar-refractivity contribution in [3.05, 3.63) is 68.8 Å². The lowest BCUT2D eigenvalue weighted by Crippen LogP contribution is -2.20. The third-order valence-corrected chi connectivity index (χ3v) is 4.66. The third kappa shape index (κ3) is 3.51. The Hall–Kier alpha value is -3.48. The molecule has 0 aromatic heterocycles. The van der Waals surface area contributed by atoms with Crippen LogP contribution < -0.4 is 4.74 Å². The van der Waals surface area contributed by atoms with Crippen molar-refractivity contribution in [1.29, 1.82) is 0 Å². The van der Waals surface area contributed by atoms with Gasteiger partial charge < -0.3 is 9.84 Å². The molecule has 7 nitrogen and oxygen atoms in total. The first-order valence-electron chi connectivity index (χ1n) is 8.82. The van der Waals surface area contributed by atoms with Crippen LogP contribution in [0.3, 0.4) is 0 Å². The summed E-state index contributed by atoms with van der Waals surface area (Å²) in [7, 11) is 0. The van der Waals surface area contributed by atoms with Gasteiger partial charge in [-0.15, -0.1) is 0 Å². The number of ether oxygens (including phenoxy) is 1. The van der Waals surface area contributed by atoms with Gasteiger partial charge >= 0.3 is 5.69 Å². The van der Waals surface area contributed by atoms with Gasteiger partial charge in [-0.25, -0.2) is 0 Å². The number of aryl methyl sites for hydroxylation is 2. The second-order valence-corrected chi connectivity index (χ2v) is 6.66. The molecule has 0 atom stereocenters. The molecule has 0 unspecified atom stereocenters. The van der Waals surface area contributed by atoms with Gasteiger partial charge in [0.1, 0.15) is 17.1 Å². The molecule has 7 heteroatoms. The Kier molecular flexibility index (Phi) is 5.26. The van der Waals surface area contributed by atoms with E-state index in [4.69, 9.17) is 4.74 Å². The molecule has 28 heavy (non-hydrogen) atoms. The van der Waals surface area contributed by atoms with Crippen molar-refractivity contribution in [2.45, 2.75) is 33.1 Å². The summed E-state index contributed by atoms with van der Waals surface area (Å²) in [5, 5.41) is 22.4. The molecule has 0 bridgehead atoms. The van der Waals surface area contributed by atoms with Crippen molar-refractivity contribution in [3.8, 4) is 11.5 Å². The summed E-state index contributed by atoms with van der Waals surface area (Å²) in [4.78, 5) is 35.3. The molecule has 0 aliphatic heterocycles. The van der Waals surface area contributed by atoms with E-state index in [0.29, 0.717) is 12.2 Å². The lowest BCUT2D eigenvalue weighted by molar-refractivity contribution is -0.386. The summed E-state index contributed by atoms with van der Waals surface area (Å²) < 4.78 is 5.82. The highest BCUT2D eigenvalue weighted by atomic mass is 16.6. The third-order valence-electron chi connectivity index (χ3n) is 4.66. The van der Waals surface area contributed by atoms with Crippen LogP contribution in [-0.4, -0.2) is 21.6 Å². The Balaban J connectivity index is 2.17. The van der Waals surface area contributed by atoms with Crippen LogP contribution in [0.5, 0.6) is 11.5 Å². The number of nitro groups is 1. The topological polar surface area (TPSA) is 107 Å². The number of Topliss-reactive ketones (excluding diaryl/α,β-unsaturated/α-hetero) is 2. The number of hydrogen-bond acceptors (Lipinski definition) is 6. The molecule has 2 aromatic rings. The second-order valence-electron chi connectivity index (χ2n) is 6.66. The minimum absolute atomic E-state index is 0.0808. The van der Waals surface area contributed by atoms with Crippen LogP contribution in [0, 0.1) is 24.0 Å². The summed E-state index contributed by atoms with van der Waals surface area (Å²) in [6.45, 7) is 3.63. The van der Waals surface area contributed by atoms with E-state index in [2.05, 4.69) is 0 Å². The lowest BCUT2D eigenvalue weighted by Gasteiger charge is -2.16. The van der Waals surface area contributed by atoms with Gasteiger partial charge in [0.2, 0.25) is 5.75 Å². The minimum atomic E-state index is -0.688. The predicted octanol–water partition coefficient (Wildman–Crippen LogP) is 4.60. The summed E-state index contributed by atoms with van der Waals surface area (Å²) >= 11 is 0. The number of carbonyl (C=O) groups excluding carboxylic acids is 2. The standard InChI is InChI=1S/C21H19NO6/c1-12-6-3-7-13(2)21(12)28-17-11-4-8-14(19(17)22(26)27)20(25)18-15(23)9-5-10-16(18)24/h3-4,6-8,11,25H,5,9-10H2,1-2H3. The maximum absolute atomic E-state index is 12.1. The monoisotopic (exact) mass is 381 g/mol. The van der Waals surface area contributed by atoms with Crippen LogP contribution in [0.25, 0.3) is 5.76 Å². The van der Waals surface area contributed by atoms with Gasteiger partial charge in [-0.2, -0.15) is 0 Å². The number of nitro benzene ring substituents is 1. The molecule has 1 aliphatic carbocycles. The molecule has 144 valence electrons. The second kappa shape index (κ2) is 7.64. The summed E-state index contributed by atoms with van der Waals surface area (Å²) in [6.07, 6.45) is 0.654. The average molecular weight is 381 g/mol. The molecule has 2 aromatic carbocycles. The van der Waals surface area contributed by atoms with Gasteiger partial charge in [-0.05, 0) is 43.5 Å². The van der Waals surface area contributed by atoms with E-state index < -0.39 is 27.9 Å². The van der Waals surface area contributed by atoms with Crippen molar-refractivity contribution in [2.75, 3.05) is 0 Å². The van der Waals surface area contributed by atoms with Crippen molar-refractivity contribution in [2.24, 2.45) is 0 Å². The Morgan fingerprint density at radius 1 is 1.04 bits per heavy atom. The fraction of sp³-hybridized carbons (Fsp3) is 0.238. The highest BCUT2D eigenvalue weighted by Gasteiger charge is 2.32. The van der Waals surface area contributed by atoms with E-state index in [0.717, 1.165) is 11.1 Å². The van der Waals surface area contributed by atoms with E-state index in [1.807, 2.05) is 32.0 Å². The van der Waals surface area contributed by atoms with Gasteiger partial charge in [0.05, 0.1) is 10.5 Å². The predicted molar refractivity (Wildman–Crippen MR) is 103 cm³/mol. The molecule has 1 N–H and O–H groups in total. The van der Waals surface area contributed by atoms with Gasteiger partial charge in [0.15, 0.2) is 11.6 Å². The van der Waals surface area contributed by atoms with E-state index in [-0.39, 0.29) is 29.7 Å². The van der Waals surface area contributed by atoms with Crippen molar-refractivity contribution in [1.82, 2.24) is 0 Å². The van der Waals surface area contributed by atoms with E-state index >= 15 is 0 Å². The maximum atomic E-state index is 12.1. The number of nitrogens with zero attached hydrogens (tertiary/aromatic N) is 1. The number of carbonyl (C=O) groups is 2. The van der Waals surface area contributed by atoms with Crippen molar-refractivity contribution >= 4 is 23.0 Å². The largest absolute Gasteiger partial charge is 0.506 e. The Morgan fingerprint density at radius 2 is 1.61 bits per heavy atom. The highest BCUT2D eigenvalue weighted by Crippen LogP contribution is 2.40. The Labute approximate surface area is 161 Å². The number of allylic oxidation sites excluding steroid dienone is 1. The molecule has 0 saturated heterocycles. The lowest BCUT2D eigenvalue weighted by atomic mass is 9.89. The number of aliphatic hydroxyl groups is 1. The van der Waals surface area contributed by atoms with Crippen molar-refractivity contribution in [3.63, 3.8) is 0 Å². The van der Waals surface area contributed by atoms with Gasteiger partial charge in [0, 0.05) is 12.8 Å². The minimum Gasteiger partial charge on any atom is -0.506 e. The summed E-state index contributed by atoms with van der Waals surface area (Å²) in [5.74, 6) is -1.30. The number of para-hydroxylation sites is 2. The van der Waals surface area contributed by atoms with Crippen LogP contribution in [0.4, 0.5) is 5.69 Å². The van der Waals surface area contributed by atoms with Crippen LogP contribution in [0.1, 0.15) is 36.0 Å². The van der Waals surface area contributed by atoms with E-state index in [1.54, 1.807) is 0 Å². The fourth-order valence-electron chi connectivity index (χ4n) is 3.27. The number of aliphatic hydroxyl groups excluding tert-OH is 1. The Bertz CT molecular complexity index is 983. The summed E-state index contributed by atoms with van der Waals surface area (Å²) in [6, 6.07) is 9.66. The van der Waals surface area contributed by atoms with Crippen LogP contribution in [-0.2, 0) is 9.59 Å². The van der Waals surface area contributed by atoms with Crippen LogP contribution in [0.15, 0.2) is 42.0 Å². The Morgan fingerprint density at radius 3 is 2.18 bits per heavy atom. The van der Waals surface area contributed by atoms with Crippen LogP contribution >= 0.6 is 0 Å². The number of benzene rings is 2. The zero-order valence-electron chi connectivity index (χ0n) is 15.5. The number of rotatable bonds is 4. The molecule has 0 heterocycles. The molecule has 0 radical (unpaired) electrons. The SMILES string of the molecule is Cc1cccc(C)c1Oc1cccc(C(O)=C2C(=O)CCCC2=O)c1[N+](=O)[O-]. The van der Waals surface area contributed by atoms with Gasteiger partial charge in [-0.1, -0.05) is 24.3 Å². The molecule has 3 rings (SSSR count). The zero-order chi connectivity index (χ0) is 20.4. The average Bonchev–Trinajstić information content (AvgIpc) is 2.64. The van der Waals surface area contributed by atoms with Crippen LogP contribution in [0.2, 0.25) is 0 Å². The first-order valence-corrected chi connectivity index (χ1v) is 8.82. The highest BCUT2D eigenvalue weighted by molar-refractivity contribution is 6.26. The molecule has 1 saturated carbocycles. The number of hydrogen-bond donors (Lipinski definition) is 1. The normalized spacial score (nSPS) is 14.1. The first-order chi connectivity index (χ1) is 13.3. The molecular formula is C21H19NO6. The molecule has 1 aliphatic rings. The molecular weight excluding hydrogens is 362 g/mol. The van der Waals surface area contributed by atoms with E-state index in [1.165, 1.54) is 18.2 Å². The number of ketones is 2. The maximum Gasteiger partial charge on any atom is 0.322 e. The van der Waals surface area contributed by atoms with E-state index in [9.17, 15) is 24.8 Å². The van der Waals surface area contributed by atoms with Crippen molar-refractivity contribution < 1.29 is 24.4 Å². The smallest absolute Gasteiger partial charge is 0.322 e. The molecule has 1 fully saturated rings. The van der Waals surface area contributed by atoms with Gasteiger partial charge in [-0.3, -0.25) is 19.7 Å². The molecule has 0 spiro atoms. The van der Waals surface area contributed by atoms with Gasteiger partial charge in [0.25, 0.3) is 0 Å². The molecule has 0 amide bonds. The fourth-order valence-corrected chi connectivity index (χ4v) is 3.27. The first kappa shape index (κ1) is 19.3. The summed E-state index contributed by atoms with van der Waals surface area (Å²) in [5.41, 5.74) is 0.493.